The minimum absolute atomic E-state index is 0.000648. The zero-order valence-corrected chi connectivity index (χ0v) is 16.4. The molecule has 1 amide bonds. The van der Waals surface area contributed by atoms with E-state index in [-0.39, 0.29) is 6.04 Å². The predicted molar refractivity (Wildman–Crippen MR) is 106 cm³/mol. The number of carbonyl (C=O) groups is 1. The first-order valence-electron chi connectivity index (χ1n) is 10.2. The van der Waals surface area contributed by atoms with Crippen LogP contribution in [-0.4, -0.2) is 71.1 Å². The van der Waals surface area contributed by atoms with E-state index in [0.29, 0.717) is 11.8 Å². The Morgan fingerprint density at radius 1 is 1.26 bits per heavy atom. The Morgan fingerprint density at radius 2 is 2.00 bits per heavy atom. The zero-order valence-electron chi connectivity index (χ0n) is 16.4. The minimum Gasteiger partial charge on any atom is -0.379 e. The van der Waals surface area contributed by atoms with Crippen LogP contribution in [0.3, 0.4) is 0 Å². The summed E-state index contributed by atoms with van der Waals surface area (Å²) in [7, 11) is 0. The van der Waals surface area contributed by atoms with Crippen LogP contribution >= 0.6 is 0 Å². The molecule has 2 saturated heterocycles. The number of aryl methyl sites for hydroxylation is 1. The van der Waals surface area contributed by atoms with Gasteiger partial charge < -0.3 is 14.6 Å². The molecule has 0 spiro atoms. The number of H-pyrrole nitrogens is 1. The van der Waals surface area contributed by atoms with Crippen LogP contribution < -0.4 is 0 Å². The number of aromatic nitrogens is 2. The van der Waals surface area contributed by atoms with Crippen LogP contribution in [0.5, 0.6) is 0 Å². The van der Waals surface area contributed by atoms with Gasteiger partial charge in [-0.15, -0.1) is 0 Å². The van der Waals surface area contributed by atoms with Gasteiger partial charge in [0.05, 0.1) is 30.3 Å². The molecule has 0 radical (unpaired) electrons. The topological polar surface area (TPSA) is 61.5 Å². The number of morpholine rings is 1. The van der Waals surface area contributed by atoms with Crippen molar-refractivity contribution >= 4 is 16.9 Å². The van der Waals surface area contributed by atoms with E-state index in [9.17, 15) is 4.79 Å². The molecular formula is C21H30N4O2. The van der Waals surface area contributed by atoms with E-state index in [2.05, 4.69) is 46.8 Å². The van der Waals surface area contributed by atoms with Gasteiger partial charge in [0.25, 0.3) is 0 Å². The van der Waals surface area contributed by atoms with Crippen molar-refractivity contribution in [2.45, 2.75) is 45.1 Å². The van der Waals surface area contributed by atoms with Gasteiger partial charge in [-0.1, -0.05) is 19.1 Å². The van der Waals surface area contributed by atoms with Crippen molar-refractivity contribution < 1.29 is 9.53 Å². The minimum atomic E-state index is -0.000648. The molecule has 6 heteroatoms. The van der Waals surface area contributed by atoms with Crippen LogP contribution in [0.15, 0.2) is 18.2 Å². The molecule has 146 valence electrons. The SMILES string of the molecule is CC[C@@H](C(=O)N1CCC(c2nc3c(C)cccc3[nH]2)CC1)N1CCOCC1. The fourth-order valence-electron chi connectivity index (χ4n) is 4.45. The van der Waals surface area contributed by atoms with Gasteiger partial charge in [-0.25, -0.2) is 4.98 Å². The molecule has 0 aliphatic carbocycles. The lowest BCUT2D eigenvalue weighted by Crippen LogP contribution is -2.53. The first-order chi connectivity index (χ1) is 13.2. The third-order valence-corrected chi connectivity index (χ3v) is 6.08. The van der Waals surface area contributed by atoms with Gasteiger partial charge in [0.15, 0.2) is 0 Å². The number of piperidine rings is 1. The summed E-state index contributed by atoms with van der Waals surface area (Å²) in [5.74, 6) is 1.77. The summed E-state index contributed by atoms with van der Waals surface area (Å²) in [5.41, 5.74) is 3.39. The Kier molecular flexibility index (Phi) is 5.45. The number of fused-ring (bicyclic) bond motifs is 1. The molecule has 0 bridgehead atoms. The number of amides is 1. The molecule has 2 aliphatic heterocycles. The average Bonchev–Trinajstić information content (AvgIpc) is 3.15. The smallest absolute Gasteiger partial charge is 0.239 e. The number of para-hydroxylation sites is 1. The average molecular weight is 370 g/mol. The maximum Gasteiger partial charge on any atom is 0.239 e. The summed E-state index contributed by atoms with van der Waals surface area (Å²) in [6.45, 7) is 9.04. The van der Waals surface area contributed by atoms with Crippen LogP contribution in [0, 0.1) is 6.92 Å². The number of hydrogen-bond acceptors (Lipinski definition) is 4. The van der Waals surface area contributed by atoms with Crippen molar-refractivity contribution in [2.75, 3.05) is 39.4 Å². The number of benzene rings is 1. The summed E-state index contributed by atoms with van der Waals surface area (Å²) < 4.78 is 5.44. The largest absolute Gasteiger partial charge is 0.379 e. The van der Waals surface area contributed by atoms with Crippen molar-refractivity contribution in [1.29, 1.82) is 0 Å². The van der Waals surface area contributed by atoms with E-state index in [4.69, 9.17) is 9.72 Å². The number of aromatic amines is 1. The highest BCUT2D eigenvalue weighted by Crippen LogP contribution is 2.29. The number of rotatable bonds is 4. The maximum absolute atomic E-state index is 13.1. The fraction of sp³-hybridized carbons (Fsp3) is 0.619. The van der Waals surface area contributed by atoms with Crippen molar-refractivity contribution in [2.24, 2.45) is 0 Å². The maximum atomic E-state index is 13.1. The summed E-state index contributed by atoms with van der Waals surface area (Å²) in [6, 6.07) is 6.26. The number of nitrogens with zero attached hydrogens (tertiary/aromatic N) is 3. The van der Waals surface area contributed by atoms with Crippen LogP contribution in [0.2, 0.25) is 0 Å². The lowest BCUT2D eigenvalue weighted by molar-refractivity contribution is -0.140. The van der Waals surface area contributed by atoms with Crippen LogP contribution in [0.25, 0.3) is 11.0 Å². The first-order valence-corrected chi connectivity index (χ1v) is 10.2. The van der Waals surface area contributed by atoms with E-state index in [1.165, 1.54) is 5.56 Å². The molecule has 2 fully saturated rings. The van der Waals surface area contributed by atoms with Crippen molar-refractivity contribution in [3.8, 4) is 0 Å². The van der Waals surface area contributed by atoms with Crippen LogP contribution in [0.4, 0.5) is 0 Å². The Morgan fingerprint density at radius 3 is 2.67 bits per heavy atom. The second kappa shape index (κ2) is 7.98. The molecule has 1 atom stereocenters. The fourth-order valence-corrected chi connectivity index (χ4v) is 4.45. The van der Waals surface area contributed by atoms with Gasteiger partial charge in [0, 0.05) is 32.1 Å². The quantitative estimate of drug-likeness (QED) is 0.899. The number of imidazole rings is 1. The lowest BCUT2D eigenvalue weighted by Gasteiger charge is -2.38. The Hall–Kier alpha value is -1.92. The zero-order chi connectivity index (χ0) is 18.8. The molecule has 2 aromatic rings. The molecule has 1 aromatic carbocycles. The van der Waals surface area contributed by atoms with Gasteiger partial charge in [-0.05, 0) is 37.8 Å². The molecule has 0 unspecified atom stereocenters. The third kappa shape index (κ3) is 3.73. The van der Waals surface area contributed by atoms with Crippen molar-refractivity contribution in [1.82, 2.24) is 19.8 Å². The summed E-state index contributed by atoms with van der Waals surface area (Å²) >= 11 is 0. The normalized spacial score (nSPS) is 20.9. The Balaban J connectivity index is 1.40. The number of nitrogens with one attached hydrogen (secondary N) is 1. The van der Waals surface area contributed by atoms with Gasteiger partial charge >= 0.3 is 0 Å². The second-order valence-electron chi connectivity index (χ2n) is 7.77. The van der Waals surface area contributed by atoms with Gasteiger partial charge in [0.1, 0.15) is 5.82 Å². The Bertz CT molecular complexity index is 789. The molecule has 1 aromatic heterocycles. The van der Waals surface area contributed by atoms with E-state index >= 15 is 0 Å². The van der Waals surface area contributed by atoms with Crippen LogP contribution in [0.1, 0.15) is 43.5 Å². The highest BCUT2D eigenvalue weighted by Gasteiger charge is 2.32. The van der Waals surface area contributed by atoms with E-state index in [1.807, 2.05) is 0 Å². The molecular weight excluding hydrogens is 340 g/mol. The summed E-state index contributed by atoms with van der Waals surface area (Å²) in [4.78, 5) is 25.8. The van der Waals surface area contributed by atoms with Gasteiger partial charge in [-0.3, -0.25) is 9.69 Å². The molecule has 1 N–H and O–H groups in total. The molecule has 3 heterocycles. The van der Waals surface area contributed by atoms with Crippen LogP contribution in [-0.2, 0) is 9.53 Å². The number of carbonyl (C=O) groups excluding carboxylic acids is 1. The van der Waals surface area contributed by atoms with E-state index in [1.54, 1.807) is 0 Å². The number of ether oxygens (including phenoxy) is 1. The molecule has 0 saturated carbocycles. The third-order valence-electron chi connectivity index (χ3n) is 6.08. The predicted octanol–water partition coefficient (Wildman–Crippen LogP) is 2.69. The first kappa shape index (κ1) is 18.4. The molecule has 6 nitrogen and oxygen atoms in total. The number of hydrogen-bond donors (Lipinski definition) is 1. The molecule has 4 rings (SSSR count). The highest BCUT2D eigenvalue weighted by molar-refractivity contribution is 5.82. The van der Waals surface area contributed by atoms with E-state index in [0.717, 1.165) is 75.5 Å². The summed E-state index contributed by atoms with van der Waals surface area (Å²) in [5, 5.41) is 0. The molecule has 27 heavy (non-hydrogen) atoms. The number of likely N-dealkylation sites (tertiary alicyclic amines) is 1. The standard InChI is InChI=1S/C21H30N4O2/c1-3-18(24-11-13-27-14-12-24)21(26)25-9-7-16(8-10-25)20-22-17-6-4-5-15(2)19(17)23-20/h4-6,16,18H,3,7-14H2,1-2H3,(H,22,23)/t18-/m0/s1. The van der Waals surface area contributed by atoms with E-state index < -0.39 is 0 Å². The summed E-state index contributed by atoms with van der Waals surface area (Å²) in [6.07, 6.45) is 2.82. The van der Waals surface area contributed by atoms with Gasteiger partial charge in [0.2, 0.25) is 5.91 Å². The highest BCUT2D eigenvalue weighted by atomic mass is 16.5. The monoisotopic (exact) mass is 370 g/mol. The second-order valence-corrected chi connectivity index (χ2v) is 7.77. The molecule has 2 aliphatic rings. The van der Waals surface area contributed by atoms with Gasteiger partial charge in [-0.2, -0.15) is 0 Å². The van der Waals surface area contributed by atoms with Crippen molar-refractivity contribution in [3.63, 3.8) is 0 Å². The van der Waals surface area contributed by atoms with Crippen molar-refractivity contribution in [3.05, 3.63) is 29.6 Å². The Labute approximate surface area is 160 Å². The lowest BCUT2D eigenvalue weighted by atomic mass is 9.95.